The van der Waals surface area contributed by atoms with Crippen molar-refractivity contribution in [3.8, 4) is 5.75 Å². The summed E-state index contributed by atoms with van der Waals surface area (Å²) in [5.41, 5.74) is 1.36. The Morgan fingerprint density at radius 3 is 2.60 bits per heavy atom. The molecule has 0 amide bonds. The third kappa shape index (κ3) is 5.13. The first-order chi connectivity index (χ1) is 11.7. The van der Waals surface area contributed by atoms with E-state index in [1.165, 1.54) is 6.07 Å². The molecule has 0 bridgehead atoms. The van der Waals surface area contributed by atoms with Crippen LogP contribution in [0.2, 0.25) is 0 Å². The molecular formula is C16H21BrN4O3S. The molecule has 2 rings (SSSR count). The highest BCUT2D eigenvalue weighted by Crippen LogP contribution is 2.27. The van der Waals surface area contributed by atoms with Crippen molar-refractivity contribution in [2.75, 3.05) is 25.6 Å². The molecule has 0 spiro atoms. The van der Waals surface area contributed by atoms with Crippen molar-refractivity contribution < 1.29 is 13.2 Å². The van der Waals surface area contributed by atoms with Crippen LogP contribution in [0.5, 0.6) is 5.75 Å². The van der Waals surface area contributed by atoms with Crippen molar-refractivity contribution in [3.63, 3.8) is 0 Å². The van der Waals surface area contributed by atoms with Gasteiger partial charge in [-0.05, 0) is 38.1 Å². The summed E-state index contributed by atoms with van der Waals surface area (Å²) in [6.45, 7) is 4.08. The second-order valence-electron chi connectivity index (χ2n) is 5.54. The van der Waals surface area contributed by atoms with E-state index in [9.17, 15) is 8.42 Å². The van der Waals surface area contributed by atoms with E-state index in [0.717, 1.165) is 5.69 Å². The molecule has 0 aliphatic heterocycles. The Hall–Kier alpha value is -1.71. The molecule has 0 radical (unpaired) electrons. The predicted molar refractivity (Wildman–Crippen MR) is 100 cm³/mol. The number of rotatable bonds is 7. The van der Waals surface area contributed by atoms with E-state index in [-0.39, 0.29) is 11.4 Å². The first kappa shape index (κ1) is 19.6. The highest BCUT2D eigenvalue weighted by molar-refractivity contribution is 9.10. The number of nitrogens with one attached hydrogen (secondary N) is 1. The number of halogens is 1. The number of hydrogen-bond donors (Lipinski definition) is 1. The second-order valence-corrected chi connectivity index (χ2v) is 8.19. The van der Waals surface area contributed by atoms with Crippen LogP contribution in [0, 0.1) is 6.92 Å². The van der Waals surface area contributed by atoms with Crippen LogP contribution in [-0.4, -0.2) is 39.1 Å². The third-order valence-electron chi connectivity index (χ3n) is 3.23. The summed E-state index contributed by atoms with van der Waals surface area (Å²) >= 11 is 3.30. The Balaban J connectivity index is 2.27. The zero-order chi connectivity index (χ0) is 18.6. The zero-order valence-corrected chi connectivity index (χ0v) is 17.0. The van der Waals surface area contributed by atoms with Crippen molar-refractivity contribution in [3.05, 3.63) is 40.1 Å². The maximum Gasteiger partial charge on any atom is 0.244 e. The quantitative estimate of drug-likeness (QED) is 0.728. The average molecular weight is 429 g/mol. The van der Waals surface area contributed by atoms with Gasteiger partial charge >= 0.3 is 0 Å². The largest absolute Gasteiger partial charge is 0.492 e. The van der Waals surface area contributed by atoms with E-state index in [1.54, 1.807) is 30.0 Å². The summed E-state index contributed by atoms with van der Waals surface area (Å²) in [7, 11) is -0.0949. The molecule has 0 saturated carbocycles. The maximum atomic E-state index is 12.7. The SMILES string of the molecule is CCOc1ccc(Br)cc1S(=O)(=O)NCc1cc(C)nc(N(C)C)n1. The molecule has 0 unspecified atom stereocenters. The molecule has 7 nitrogen and oxygen atoms in total. The van der Waals surface area contributed by atoms with Crippen LogP contribution in [0.3, 0.4) is 0 Å². The Morgan fingerprint density at radius 2 is 1.96 bits per heavy atom. The molecule has 1 heterocycles. The molecule has 136 valence electrons. The summed E-state index contributed by atoms with van der Waals surface area (Å²) in [6, 6.07) is 6.63. The summed E-state index contributed by atoms with van der Waals surface area (Å²) in [5, 5.41) is 0. The van der Waals surface area contributed by atoms with Crippen LogP contribution in [0.4, 0.5) is 5.95 Å². The standard InChI is InChI=1S/C16H21BrN4O3S/c1-5-24-14-7-6-12(17)9-15(14)25(22,23)18-10-13-8-11(2)19-16(20-13)21(3)4/h6-9,18H,5,10H2,1-4H3. The van der Waals surface area contributed by atoms with Gasteiger partial charge in [0.1, 0.15) is 10.6 Å². The lowest BCUT2D eigenvalue weighted by Gasteiger charge is -2.14. The summed E-state index contributed by atoms with van der Waals surface area (Å²) in [4.78, 5) is 10.5. The van der Waals surface area contributed by atoms with E-state index in [2.05, 4.69) is 30.6 Å². The van der Waals surface area contributed by atoms with Crippen LogP contribution in [0.25, 0.3) is 0 Å². The van der Waals surface area contributed by atoms with Gasteiger partial charge in [0.15, 0.2) is 0 Å². The number of benzene rings is 1. The van der Waals surface area contributed by atoms with Gasteiger partial charge in [0.25, 0.3) is 0 Å². The maximum absolute atomic E-state index is 12.7. The molecule has 1 aromatic carbocycles. The molecule has 25 heavy (non-hydrogen) atoms. The van der Waals surface area contributed by atoms with E-state index in [1.807, 2.05) is 21.0 Å². The molecule has 1 aromatic heterocycles. The minimum Gasteiger partial charge on any atom is -0.492 e. The minimum absolute atomic E-state index is 0.0601. The van der Waals surface area contributed by atoms with Gasteiger partial charge < -0.3 is 9.64 Å². The topological polar surface area (TPSA) is 84.4 Å². The monoisotopic (exact) mass is 428 g/mol. The first-order valence-corrected chi connectivity index (χ1v) is 9.94. The Kier molecular flexibility index (Phi) is 6.36. The van der Waals surface area contributed by atoms with Gasteiger partial charge in [0, 0.05) is 24.3 Å². The first-order valence-electron chi connectivity index (χ1n) is 7.67. The fraction of sp³-hybridized carbons (Fsp3) is 0.375. The van der Waals surface area contributed by atoms with Crippen LogP contribution < -0.4 is 14.4 Å². The fourth-order valence-corrected chi connectivity index (χ4v) is 3.80. The smallest absolute Gasteiger partial charge is 0.244 e. The van der Waals surface area contributed by atoms with Crippen molar-refractivity contribution >= 4 is 31.9 Å². The molecule has 0 atom stereocenters. The van der Waals surface area contributed by atoms with E-state index >= 15 is 0 Å². The molecule has 0 saturated heterocycles. The number of sulfonamides is 1. The Morgan fingerprint density at radius 1 is 1.24 bits per heavy atom. The van der Waals surface area contributed by atoms with E-state index < -0.39 is 10.0 Å². The van der Waals surface area contributed by atoms with Crippen molar-refractivity contribution in [2.24, 2.45) is 0 Å². The van der Waals surface area contributed by atoms with Crippen LogP contribution in [-0.2, 0) is 16.6 Å². The number of aromatic nitrogens is 2. The van der Waals surface area contributed by atoms with Gasteiger partial charge in [0.2, 0.25) is 16.0 Å². The highest BCUT2D eigenvalue weighted by Gasteiger charge is 2.20. The van der Waals surface area contributed by atoms with Gasteiger partial charge in [-0.15, -0.1) is 0 Å². The van der Waals surface area contributed by atoms with Crippen molar-refractivity contribution in [2.45, 2.75) is 25.3 Å². The second kappa shape index (κ2) is 8.11. The van der Waals surface area contributed by atoms with Gasteiger partial charge in [-0.3, -0.25) is 0 Å². The Labute approximate surface area is 156 Å². The number of aryl methyl sites for hydroxylation is 1. The zero-order valence-electron chi connectivity index (χ0n) is 14.6. The van der Waals surface area contributed by atoms with Gasteiger partial charge in [-0.2, -0.15) is 0 Å². The minimum atomic E-state index is -3.76. The van der Waals surface area contributed by atoms with Gasteiger partial charge in [-0.1, -0.05) is 15.9 Å². The number of ether oxygens (including phenoxy) is 1. The molecular weight excluding hydrogens is 408 g/mol. The third-order valence-corrected chi connectivity index (χ3v) is 5.15. The molecule has 2 aromatic rings. The molecule has 1 N–H and O–H groups in total. The Bertz CT molecular complexity index is 856. The molecule has 0 aliphatic rings. The number of nitrogens with zero attached hydrogens (tertiary/aromatic N) is 3. The average Bonchev–Trinajstić information content (AvgIpc) is 2.54. The van der Waals surface area contributed by atoms with Crippen LogP contribution in [0.15, 0.2) is 33.6 Å². The summed E-state index contributed by atoms with van der Waals surface area (Å²) < 4.78 is 34.0. The number of hydrogen-bond acceptors (Lipinski definition) is 6. The fourth-order valence-electron chi connectivity index (χ4n) is 2.12. The lowest BCUT2D eigenvalue weighted by Crippen LogP contribution is -2.25. The summed E-state index contributed by atoms with van der Waals surface area (Å²) in [6.07, 6.45) is 0. The predicted octanol–water partition coefficient (Wildman–Crippen LogP) is 2.49. The molecule has 0 fully saturated rings. The van der Waals surface area contributed by atoms with Crippen molar-refractivity contribution in [1.82, 2.24) is 14.7 Å². The number of anilines is 1. The normalized spacial score (nSPS) is 11.4. The van der Waals surface area contributed by atoms with E-state index in [0.29, 0.717) is 28.5 Å². The summed E-state index contributed by atoms with van der Waals surface area (Å²) in [5.74, 6) is 0.845. The van der Waals surface area contributed by atoms with Crippen LogP contribution in [0.1, 0.15) is 18.3 Å². The molecule has 9 heteroatoms. The highest BCUT2D eigenvalue weighted by atomic mass is 79.9. The van der Waals surface area contributed by atoms with Crippen LogP contribution >= 0.6 is 15.9 Å². The van der Waals surface area contributed by atoms with Crippen molar-refractivity contribution in [1.29, 1.82) is 0 Å². The molecule has 0 aliphatic carbocycles. The van der Waals surface area contributed by atoms with Gasteiger partial charge in [0.05, 0.1) is 18.8 Å². The lowest BCUT2D eigenvalue weighted by molar-refractivity contribution is 0.331. The lowest BCUT2D eigenvalue weighted by atomic mass is 10.3. The van der Waals surface area contributed by atoms with E-state index in [4.69, 9.17) is 4.74 Å². The van der Waals surface area contributed by atoms with Gasteiger partial charge in [-0.25, -0.2) is 23.1 Å².